The average molecular weight is 1090 g/mol. The summed E-state index contributed by atoms with van der Waals surface area (Å²) in [7, 11) is 0. The number of unbranched alkanes of at least 4 members (excludes halogenated alkanes) is 40. The van der Waals surface area contributed by atoms with Crippen LogP contribution in [-0.2, 0) is 47.7 Å². The molecule has 0 spiro atoms. The second-order valence-corrected chi connectivity index (χ2v) is 22.8. The highest BCUT2D eigenvalue weighted by molar-refractivity contribution is 5.72. The summed E-state index contributed by atoms with van der Waals surface area (Å²) in [6, 6.07) is 0. The van der Waals surface area contributed by atoms with Crippen LogP contribution in [0.3, 0.4) is 0 Å². The zero-order valence-electron chi connectivity index (χ0n) is 51.1. The number of esters is 5. The monoisotopic (exact) mass is 1090 g/mol. The van der Waals surface area contributed by atoms with Gasteiger partial charge in [0, 0.05) is 32.1 Å². The van der Waals surface area contributed by atoms with E-state index in [2.05, 4.69) is 34.6 Å². The number of hydrogen-bond acceptors (Lipinski definition) is 11. The SMILES string of the molecule is CCCCCCCCCCCC(=O)OCC(O)C(OC(=O)CCCCCCCCCCC)C(OC(=O)CCCCCCCCCCC)C(COC(=O)CCCCCCCCCCC)OC(=O)CCCCCCCCCCC. The van der Waals surface area contributed by atoms with Crippen molar-refractivity contribution in [1.29, 1.82) is 0 Å². The van der Waals surface area contributed by atoms with E-state index in [1.54, 1.807) is 0 Å². The number of hydrogen-bond donors (Lipinski definition) is 1. The zero-order chi connectivity index (χ0) is 56.5. The normalized spacial score (nSPS) is 13.0. The van der Waals surface area contributed by atoms with Gasteiger partial charge in [-0.15, -0.1) is 0 Å². The number of aliphatic hydroxyl groups is 1. The van der Waals surface area contributed by atoms with Gasteiger partial charge in [-0.05, 0) is 32.1 Å². The van der Waals surface area contributed by atoms with Crippen molar-refractivity contribution in [2.45, 2.75) is 380 Å². The Bertz CT molecular complexity index is 1340. The van der Waals surface area contributed by atoms with E-state index < -0.39 is 67.5 Å². The topological polar surface area (TPSA) is 152 Å². The maximum absolute atomic E-state index is 14.0. The highest BCUT2D eigenvalue weighted by Crippen LogP contribution is 2.23. The molecule has 11 nitrogen and oxygen atoms in total. The average Bonchev–Trinajstić information content (AvgIpc) is 3.42. The van der Waals surface area contributed by atoms with Crippen LogP contribution in [0.15, 0.2) is 0 Å². The van der Waals surface area contributed by atoms with Crippen LogP contribution in [-0.4, -0.2) is 72.6 Å². The molecule has 0 saturated carbocycles. The Hall–Kier alpha value is -2.69. The van der Waals surface area contributed by atoms with Crippen molar-refractivity contribution >= 4 is 29.8 Å². The van der Waals surface area contributed by atoms with E-state index in [0.717, 1.165) is 109 Å². The minimum atomic E-state index is -1.64. The summed E-state index contributed by atoms with van der Waals surface area (Å²) in [5.41, 5.74) is 0. The van der Waals surface area contributed by atoms with Crippen molar-refractivity contribution < 1.29 is 52.8 Å². The van der Waals surface area contributed by atoms with Crippen LogP contribution in [0.5, 0.6) is 0 Å². The van der Waals surface area contributed by atoms with Gasteiger partial charge >= 0.3 is 29.8 Å². The molecule has 0 bridgehead atoms. The van der Waals surface area contributed by atoms with Gasteiger partial charge in [0.05, 0.1) is 0 Å². The first kappa shape index (κ1) is 74.3. The van der Waals surface area contributed by atoms with Gasteiger partial charge in [0.15, 0.2) is 18.3 Å². The standard InChI is InChI=1S/C66H124O11/c1-6-11-16-21-26-31-36-41-46-51-60(68)73-56-58(67)65(76-63(71)54-49-44-39-34-29-24-19-14-9-4)66(77-64(72)55-50-45-40-35-30-25-20-15-10-5)59(75-62(70)53-48-43-38-33-28-23-18-13-8-3)57-74-61(69)52-47-42-37-32-27-22-17-12-7-2/h58-59,65-67H,6-57H2,1-5H3. The third kappa shape index (κ3) is 50.0. The predicted octanol–water partition coefficient (Wildman–Crippen LogP) is 18.8. The summed E-state index contributed by atoms with van der Waals surface area (Å²) in [5, 5.41) is 12.0. The van der Waals surface area contributed by atoms with Crippen molar-refractivity contribution in [2.75, 3.05) is 13.2 Å². The van der Waals surface area contributed by atoms with Crippen molar-refractivity contribution in [2.24, 2.45) is 0 Å². The largest absolute Gasteiger partial charge is 0.463 e. The quantitative estimate of drug-likeness (QED) is 0.0352. The van der Waals surface area contributed by atoms with Crippen LogP contribution in [0.4, 0.5) is 0 Å². The minimum Gasteiger partial charge on any atom is -0.463 e. The summed E-state index contributed by atoms with van der Waals surface area (Å²) >= 11 is 0. The van der Waals surface area contributed by atoms with Crippen LogP contribution >= 0.6 is 0 Å². The number of carbonyl (C=O) groups excluding carboxylic acids is 5. The van der Waals surface area contributed by atoms with E-state index in [0.29, 0.717) is 32.1 Å². The van der Waals surface area contributed by atoms with Gasteiger partial charge in [0.25, 0.3) is 0 Å². The summed E-state index contributed by atoms with van der Waals surface area (Å²) < 4.78 is 30.0. The number of carbonyl (C=O) groups is 5. The fourth-order valence-electron chi connectivity index (χ4n) is 10.1. The van der Waals surface area contributed by atoms with Crippen LogP contribution in [0.25, 0.3) is 0 Å². The van der Waals surface area contributed by atoms with Crippen molar-refractivity contribution in [1.82, 2.24) is 0 Å². The molecule has 4 unspecified atom stereocenters. The maximum Gasteiger partial charge on any atom is 0.306 e. The Morgan fingerprint density at radius 3 is 0.740 bits per heavy atom. The molecule has 0 aromatic heterocycles. The fourth-order valence-corrected chi connectivity index (χ4v) is 10.1. The predicted molar refractivity (Wildman–Crippen MR) is 317 cm³/mol. The lowest BCUT2D eigenvalue weighted by atomic mass is 10.0. The molecular formula is C66H124O11. The van der Waals surface area contributed by atoms with E-state index in [9.17, 15) is 29.1 Å². The minimum absolute atomic E-state index is 0.0623. The number of rotatable bonds is 60. The molecule has 0 heterocycles. The molecule has 0 aliphatic carbocycles. The van der Waals surface area contributed by atoms with Crippen molar-refractivity contribution in [3.63, 3.8) is 0 Å². The Morgan fingerprint density at radius 1 is 0.260 bits per heavy atom. The molecule has 11 heteroatoms. The summed E-state index contributed by atoms with van der Waals surface area (Å²) in [4.78, 5) is 68.2. The van der Waals surface area contributed by atoms with Crippen molar-refractivity contribution in [3.05, 3.63) is 0 Å². The lowest BCUT2D eigenvalue weighted by Gasteiger charge is -2.34. The Balaban J connectivity index is 6.53. The summed E-state index contributed by atoms with van der Waals surface area (Å²) in [6.45, 7) is 10.1. The van der Waals surface area contributed by atoms with Crippen LogP contribution < -0.4 is 0 Å². The van der Waals surface area contributed by atoms with Crippen LogP contribution in [0, 0.1) is 0 Å². The number of ether oxygens (including phenoxy) is 5. The first-order chi connectivity index (χ1) is 37.6. The lowest BCUT2D eigenvalue weighted by Crippen LogP contribution is -2.53. The van der Waals surface area contributed by atoms with Gasteiger partial charge < -0.3 is 28.8 Å². The molecule has 0 radical (unpaired) electrons. The molecule has 0 aliphatic rings. The van der Waals surface area contributed by atoms with Gasteiger partial charge in [-0.2, -0.15) is 0 Å². The lowest BCUT2D eigenvalue weighted by molar-refractivity contribution is -0.204. The summed E-state index contributed by atoms with van der Waals surface area (Å²) in [6.07, 6.45) is 42.7. The third-order valence-electron chi connectivity index (χ3n) is 15.1. The van der Waals surface area contributed by atoms with E-state index in [-0.39, 0.29) is 32.1 Å². The fraction of sp³-hybridized carbons (Fsp3) is 0.924. The number of aliphatic hydroxyl groups excluding tert-OH is 1. The summed E-state index contributed by atoms with van der Waals surface area (Å²) in [5.74, 6) is -2.74. The molecule has 4 atom stereocenters. The third-order valence-corrected chi connectivity index (χ3v) is 15.1. The zero-order valence-corrected chi connectivity index (χ0v) is 51.1. The molecular weight excluding hydrogens is 969 g/mol. The molecule has 1 N–H and O–H groups in total. The van der Waals surface area contributed by atoms with Gasteiger partial charge in [0.1, 0.15) is 19.3 Å². The van der Waals surface area contributed by atoms with Gasteiger partial charge in [0.2, 0.25) is 0 Å². The second kappa shape index (κ2) is 58.0. The highest BCUT2D eigenvalue weighted by atomic mass is 16.6. The first-order valence-corrected chi connectivity index (χ1v) is 33.2. The second-order valence-electron chi connectivity index (χ2n) is 22.8. The van der Waals surface area contributed by atoms with Gasteiger partial charge in [-0.3, -0.25) is 24.0 Å². The van der Waals surface area contributed by atoms with E-state index >= 15 is 0 Å². The van der Waals surface area contributed by atoms with Crippen LogP contribution in [0.2, 0.25) is 0 Å². The van der Waals surface area contributed by atoms with E-state index in [4.69, 9.17) is 23.7 Å². The smallest absolute Gasteiger partial charge is 0.306 e. The molecule has 0 saturated heterocycles. The molecule has 0 aliphatic heterocycles. The molecule has 0 amide bonds. The van der Waals surface area contributed by atoms with Crippen molar-refractivity contribution in [3.8, 4) is 0 Å². The van der Waals surface area contributed by atoms with Gasteiger partial charge in [-0.1, -0.05) is 291 Å². The highest BCUT2D eigenvalue weighted by Gasteiger charge is 2.43. The molecule has 77 heavy (non-hydrogen) atoms. The maximum atomic E-state index is 14.0. The Morgan fingerprint density at radius 2 is 0.468 bits per heavy atom. The first-order valence-electron chi connectivity index (χ1n) is 33.2. The molecule has 454 valence electrons. The molecule has 0 fully saturated rings. The molecule has 0 aromatic carbocycles. The van der Waals surface area contributed by atoms with Gasteiger partial charge in [-0.25, -0.2) is 0 Å². The van der Waals surface area contributed by atoms with E-state index in [1.807, 2.05) is 0 Å². The Kier molecular flexibility index (Phi) is 56.0. The Labute approximate surface area is 474 Å². The molecule has 0 aromatic rings. The van der Waals surface area contributed by atoms with E-state index in [1.165, 1.54) is 148 Å². The van der Waals surface area contributed by atoms with Crippen LogP contribution in [0.1, 0.15) is 356 Å². The molecule has 0 rings (SSSR count).